The molecule has 0 aromatic carbocycles. The minimum absolute atomic E-state index is 0.0571. The monoisotopic (exact) mass is 229 g/mol. The third-order valence-corrected chi connectivity index (χ3v) is 4.44. The zero-order valence-corrected chi connectivity index (χ0v) is 8.87. The molecule has 0 saturated carbocycles. The SMILES string of the molecule is O=Cc1cnoc1CC1CCS(=O)(=O)C1. The Morgan fingerprint density at radius 3 is 3.00 bits per heavy atom. The zero-order valence-electron chi connectivity index (χ0n) is 8.05. The number of hydrogen-bond acceptors (Lipinski definition) is 5. The van der Waals surface area contributed by atoms with E-state index in [1.165, 1.54) is 6.20 Å². The quantitative estimate of drug-likeness (QED) is 0.704. The summed E-state index contributed by atoms with van der Waals surface area (Å²) in [5, 5.41) is 3.52. The van der Waals surface area contributed by atoms with Crippen molar-refractivity contribution in [1.29, 1.82) is 0 Å². The third-order valence-electron chi connectivity index (χ3n) is 2.60. The molecule has 1 aromatic rings. The standard InChI is InChI=1S/C9H11NO4S/c11-5-8-4-10-14-9(8)3-7-1-2-15(12,13)6-7/h4-5,7H,1-3,6H2. The van der Waals surface area contributed by atoms with Gasteiger partial charge in [0.15, 0.2) is 16.1 Å². The summed E-state index contributed by atoms with van der Waals surface area (Å²) in [4.78, 5) is 10.6. The Balaban J connectivity index is 2.07. The van der Waals surface area contributed by atoms with Crippen LogP contribution in [0.25, 0.3) is 0 Å². The summed E-state index contributed by atoms with van der Waals surface area (Å²) >= 11 is 0. The predicted octanol–water partition coefficient (Wildman–Crippen LogP) is 0.464. The fourth-order valence-electron chi connectivity index (χ4n) is 1.82. The molecule has 0 bridgehead atoms. The Kier molecular flexibility index (Phi) is 2.60. The molecule has 5 nitrogen and oxygen atoms in total. The lowest BCUT2D eigenvalue weighted by atomic mass is 10.0. The number of aromatic nitrogens is 1. The van der Waals surface area contributed by atoms with Gasteiger partial charge in [0.2, 0.25) is 0 Å². The van der Waals surface area contributed by atoms with Crippen molar-refractivity contribution in [1.82, 2.24) is 5.16 Å². The topological polar surface area (TPSA) is 77.2 Å². The van der Waals surface area contributed by atoms with E-state index in [-0.39, 0.29) is 17.4 Å². The van der Waals surface area contributed by atoms with Crippen LogP contribution in [0.4, 0.5) is 0 Å². The number of sulfone groups is 1. The van der Waals surface area contributed by atoms with Crippen LogP contribution in [0, 0.1) is 5.92 Å². The molecule has 0 spiro atoms. The first-order valence-corrected chi connectivity index (χ1v) is 6.52. The summed E-state index contributed by atoms with van der Waals surface area (Å²) in [6.45, 7) is 0. The second-order valence-corrected chi connectivity index (χ2v) is 6.02. The highest BCUT2D eigenvalue weighted by Crippen LogP contribution is 2.23. The van der Waals surface area contributed by atoms with Crippen LogP contribution in [0.3, 0.4) is 0 Å². The third kappa shape index (κ3) is 2.26. The molecule has 0 aliphatic carbocycles. The fraction of sp³-hybridized carbons (Fsp3) is 0.556. The van der Waals surface area contributed by atoms with Gasteiger partial charge in [-0.3, -0.25) is 4.79 Å². The number of carbonyl (C=O) groups excluding carboxylic acids is 1. The van der Waals surface area contributed by atoms with Gasteiger partial charge in [-0.25, -0.2) is 8.42 Å². The van der Waals surface area contributed by atoms with Gasteiger partial charge in [-0.1, -0.05) is 5.16 Å². The summed E-state index contributed by atoms with van der Waals surface area (Å²) in [7, 11) is -2.87. The summed E-state index contributed by atoms with van der Waals surface area (Å²) in [6.07, 6.45) is 3.15. The molecular weight excluding hydrogens is 218 g/mol. The first-order valence-electron chi connectivity index (χ1n) is 4.70. The molecule has 0 N–H and O–H groups in total. The normalized spacial score (nSPS) is 24.1. The molecule has 6 heteroatoms. The van der Waals surface area contributed by atoms with Crippen molar-refractivity contribution in [3.05, 3.63) is 17.5 Å². The van der Waals surface area contributed by atoms with Crippen molar-refractivity contribution in [2.45, 2.75) is 12.8 Å². The molecule has 1 atom stereocenters. The number of rotatable bonds is 3. The molecule has 1 aromatic heterocycles. The van der Waals surface area contributed by atoms with Crippen LogP contribution in [-0.4, -0.2) is 31.4 Å². The molecule has 1 aliphatic rings. The average molecular weight is 229 g/mol. The second-order valence-electron chi connectivity index (χ2n) is 3.80. The van der Waals surface area contributed by atoms with E-state index in [1.54, 1.807) is 0 Å². The summed E-state index contributed by atoms with van der Waals surface area (Å²) in [5.41, 5.74) is 0.416. The van der Waals surface area contributed by atoms with Crippen molar-refractivity contribution < 1.29 is 17.7 Å². The highest BCUT2D eigenvalue weighted by Gasteiger charge is 2.29. The van der Waals surface area contributed by atoms with Gasteiger partial charge in [0, 0.05) is 6.42 Å². The number of hydrogen-bond donors (Lipinski definition) is 0. The van der Waals surface area contributed by atoms with E-state index >= 15 is 0 Å². The fourth-order valence-corrected chi connectivity index (χ4v) is 3.68. The van der Waals surface area contributed by atoms with Crippen molar-refractivity contribution in [2.75, 3.05) is 11.5 Å². The van der Waals surface area contributed by atoms with Crippen LogP contribution in [0.5, 0.6) is 0 Å². The summed E-state index contributed by atoms with van der Waals surface area (Å²) in [6, 6.07) is 0. The van der Waals surface area contributed by atoms with E-state index in [0.717, 1.165) is 0 Å². The minimum atomic E-state index is -2.87. The van der Waals surface area contributed by atoms with Gasteiger partial charge in [-0.2, -0.15) is 0 Å². The summed E-state index contributed by atoms with van der Waals surface area (Å²) < 4.78 is 27.3. The van der Waals surface area contributed by atoms with E-state index in [0.29, 0.717) is 30.5 Å². The molecule has 1 fully saturated rings. The Morgan fingerprint density at radius 1 is 1.60 bits per heavy atom. The molecule has 15 heavy (non-hydrogen) atoms. The Morgan fingerprint density at radius 2 is 2.40 bits per heavy atom. The van der Waals surface area contributed by atoms with Crippen LogP contribution in [-0.2, 0) is 16.3 Å². The minimum Gasteiger partial charge on any atom is -0.361 e. The zero-order chi connectivity index (χ0) is 10.9. The van der Waals surface area contributed by atoms with E-state index in [9.17, 15) is 13.2 Å². The van der Waals surface area contributed by atoms with E-state index in [2.05, 4.69) is 5.16 Å². The maximum absolute atomic E-state index is 11.2. The Bertz CT molecular complexity index is 462. The van der Waals surface area contributed by atoms with Gasteiger partial charge in [-0.05, 0) is 12.3 Å². The first-order chi connectivity index (χ1) is 7.11. The van der Waals surface area contributed by atoms with Gasteiger partial charge in [0.1, 0.15) is 5.76 Å². The highest BCUT2D eigenvalue weighted by atomic mass is 32.2. The van der Waals surface area contributed by atoms with Crippen molar-refractivity contribution in [2.24, 2.45) is 5.92 Å². The Labute approximate surface area is 87.4 Å². The van der Waals surface area contributed by atoms with Crippen LogP contribution in [0.2, 0.25) is 0 Å². The second kappa shape index (κ2) is 3.77. The van der Waals surface area contributed by atoms with Crippen LogP contribution in [0.1, 0.15) is 22.5 Å². The molecule has 82 valence electrons. The molecule has 1 saturated heterocycles. The van der Waals surface area contributed by atoms with Gasteiger partial charge in [0.05, 0.1) is 23.3 Å². The molecule has 1 aliphatic heterocycles. The molecule has 0 amide bonds. The Hall–Kier alpha value is -1.17. The lowest BCUT2D eigenvalue weighted by Gasteiger charge is -2.03. The van der Waals surface area contributed by atoms with Crippen LogP contribution < -0.4 is 0 Å². The summed E-state index contributed by atoms with van der Waals surface area (Å²) in [5.74, 6) is 0.975. The number of aldehydes is 1. The average Bonchev–Trinajstić information content (AvgIpc) is 2.73. The van der Waals surface area contributed by atoms with Gasteiger partial charge in [-0.15, -0.1) is 0 Å². The molecule has 1 unspecified atom stereocenters. The van der Waals surface area contributed by atoms with Gasteiger partial charge in [0.25, 0.3) is 0 Å². The van der Waals surface area contributed by atoms with Crippen molar-refractivity contribution in [3.63, 3.8) is 0 Å². The number of carbonyl (C=O) groups is 1. The van der Waals surface area contributed by atoms with Crippen LogP contribution in [0.15, 0.2) is 10.7 Å². The predicted molar refractivity (Wildman–Crippen MR) is 52.4 cm³/mol. The lowest BCUT2D eigenvalue weighted by molar-refractivity contribution is 0.112. The number of nitrogens with zero attached hydrogens (tertiary/aromatic N) is 1. The van der Waals surface area contributed by atoms with E-state index in [4.69, 9.17) is 4.52 Å². The van der Waals surface area contributed by atoms with E-state index in [1.807, 2.05) is 0 Å². The molecular formula is C9H11NO4S. The lowest BCUT2D eigenvalue weighted by Crippen LogP contribution is -2.07. The molecule has 0 radical (unpaired) electrons. The molecule has 2 heterocycles. The largest absolute Gasteiger partial charge is 0.361 e. The highest BCUT2D eigenvalue weighted by molar-refractivity contribution is 7.91. The van der Waals surface area contributed by atoms with Gasteiger partial charge < -0.3 is 4.52 Å². The van der Waals surface area contributed by atoms with Crippen molar-refractivity contribution >= 4 is 16.1 Å². The van der Waals surface area contributed by atoms with Crippen molar-refractivity contribution in [3.8, 4) is 0 Å². The van der Waals surface area contributed by atoms with Gasteiger partial charge >= 0.3 is 0 Å². The van der Waals surface area contributed by atoms with E-state index < -0.39 is 9.84 Å². The smallest absolute Gasteiger partial charge is 0.155 e. The maximum atomic E-state index is 11.2. The first kappa shape index (κ1) is 10.4. The van der Waals surface area contributed by atoms with Crippen LogP contribution >= 0.6 is 0 Å². The molecule has 2 rings (SSSR count). The maximum Gasteiger partial charge on any atom is 0.155 e.